The Kier molecular flexibility index (Phi) is 3.47. The van der Waals surface area contributed by atoms with Crippen LogP contribution in [0.15, 0.2) is 0 Å². The van der Waals surface area contributed by atoms with Gasteiger partial charge in [-0.3, -0.25) is 10.1 Å². The lowest BCUT2D eigenvalue weighted by atomic mass is 9.70. The summed E-state index contributed by atoms with van der Waals surface area (Å²) in [6.45, 7) is 6.90. The number of nitrogens with one attached hydrogen (secondary N) is 1. The van der Waals surface area contributed by atoms with E-state index in [0.29, 0.717) is 11.3 Å². The molecule has 1 saturated heterocycles. The van der Waals surface area contributed by atoms with E-state index < -0.39 is 5.97 Å². The van der Waals surface area contributed by atoms with Crippen LogP contribution in [-0.4, -0.2) is 27.7 Å². The molecule has 17 heavy (non-hydrogen) atoms. The van der Waals surface area contributed by atoms with Crippen molar-refractivity contribution in [2.24, 2.45) is 11.3 Å². The van der Waals surface area contributed by atoms with Crippen molar-refractivity contribution in [3.8, 4) is 0 Å². The second-order valence-electron chi connectivity index (χ2n) is 6.33. The zero-order valence-electron chi connectivity index (χ0n) is 11.0. The number of carboxylic acids is 1. The molecule has 3 unspecified atom stereocenters. The van der Waals surface area contributed by atoms with Crippen molar-refractivity contribution in [3.05, 3.63) is 0 Å². The van der Waals surface area contributed by atoms with Gasteiger partial charge in [0, 0.05) is 0 Å². The van der Waals surface area contributed by atoms with Crippen LogP contribution in [0.5, 0.6) is 0 Å². The highest BCUT2D eigenvalue weighted by Crippen LogP contribution is 2.50. The van der Waals surface area contributed by atoms with E-state index in [1.807, 2.05) is 11.8 Å². The topological polar surface area (TPSA) is 49.3 Å². The number of thioether (sulfide) groups is 1. The minimum Gasteiger partial charge on any atom is -0.480 e. The monoisotopic (exact) mass is 257 g/mol. The van der Waals surface area contributed by atoms with Gasteiger partial charge in [0.1, 0.15) is 6.04 Å². The third kappa shape index (κ3) is 2.63. The smallest absolute Gasteiger partial charge is 0.320 e. The van der Waals surface area contributed by atoms with Crippen molar-refractivity contribution >= 4 is 17.7 Å². The lowest BCUT2D eigenvalue weighted by molar-refractivity contribution is -0.140. The SMILES string of the molecule is CC1CC(C)(C)CCC12NC(C(=O)O)CCS2. The van der Waals surface area contributed by atoms with E-state index in [2.05, 4.69) is 26.1 Å². The summed E-state index contributed by atoms with van der Waals surface area (Å²) in [6, 6.07) is -0.347. The Morgan fingerprint density at radius 3 is 2.71 bits per heavy atom. The minimum atomic E-state index is -0.693. The maximum absolute atomic E-state index is 11.1. The van der Waals surface area contributed by atoms with Gasteiger partial charge in [-0.05, 0) is 42.8 Å². The van der Waals surface area contributed by atoms with E-state index >= 15 is 0 Å². The quantitative estimate of drug-likeness (QED) is 0.758. The Morgan fingerprint density at radius 1 is 1.41 bits per heavy atom. The molecule has 1 heterocycles. The van der Waals surface area contributed by atoms with Crippen molar-refractivity contribution in [1.29, 1.82) is 0 Å². The Morgan fingerprint density at radius 2 is 2.12 bits per heavy atom. The van der Waals surface area contributed by atoms with Gasteiger partial charge in [0.25, 0.3) is 0 Å². The summed E-state index contributed by atoms with van der Waals surface area (Å²) in [4.78, 5) is 11.2. The summed E-state index contributed by atoms with van der Waals surface area (Å²) in [6.07, 6.45) is 4.20. The first kappa shape index (κ1) is 13.2. The number of hydrogen-bond acceptors (Lipinski definition) is 3. The van der Waals surface area contributed by atoms with Gasteiger partial charge in [0.05, 0.1) is 4.87 Å². The summed E-state index contributed by atoms with van der Waals surface area (Å²) in [5.74, 6) is 0.814. The molecular formula is C13H23NO2S. The third-order valence-corrected chi connectivity index (χ3v) is 5.99. The molecule has 4 heteroatoms. The first-order valence-electron chi connectivity index (χ1n) is 6.49. The largest absolute Gasteiger partial charge is 0.480 e. The van der Waals surface area contributed by atoms with E-state index in [1.165, 1.54) is 12.8 Å². The second-order valence-corrected chi connectivity index (χ2v) is 7.76. The number of aliphatic carboxylic acids is 1. The number of carboxylic acid groups (broad SMARTS) is 1. The Hall–Kier alpha value is -0.220. The van der Waals surface area contributed by atoms with Crippen molar-refractivity contribution in [2.45, 2.75) is 57.4 Å². The molecule has 1 aliphatic carbocycles. The molecule has 3 atom stereocenters. The van der Waals surface area contributed by atoms with E-state index in [-0.39, 0.29) is 10.9 Å². The molecule has 3 nitrogen and oxygen atoms in total. The normalized spacial score (nSPS) is 41.4. The molecule has 98 valence electrons. The van der Waals surface area contributed by atoms with Crippen LogP contribution in [0.2, 0.25) is 0 Å². The molecule has 2 aliphatic rings. The zero-order chi connectivity index (χ0) is 12.7. The third-order valence-electron chi connectivity index (χ3n) is 4.31. The van der Waals surface area contributed by atoms with Crippen LogP contribution in [0.4, 0.5) is 0 Å². The average Bonchev–Trinajstić information content (AvgIpc) is 2.25. The van der Waals surface area contributed by atoms with Crippen LogP contribution < -0.4 is 5.32 Å². The first-order valence-corrected chi connectivity index (χ1v) is 7.48. The van der Waals surface area contributed by atoms with Gasteiger partial charge in [-0.15, -0.1) is 11.8 Å². The van der Waals surface area contributed by atoms with Gasteiger partial charge in [0.15, 0.2) is 0 Å². The molecule has 2 rings (SSSR count). The van der Waals surface area contributed by atoms with Crippen LogP contribution >= 0.6 is 11.8 Å². The summed E-state index contributed by atoms with van der Waals surface area (Å²) in [7, 11) is 0. The lowest BCUT2D eigenvalue weighted by Crippen LogP contribution is -2.60. The number of carbonyl (C=O) groups is 1. The number of rotatable bonds is 1. The molecule has 2 N–H and O–H groups in total. The van der Waals surface area contributed by atoms with Crippen molar-refractivity contribution in [1.82, 2.24) is 5.32 Å². The van der Waals surface area contributed by atoms with Crippen LogP contribution in [0.3, 0.4) is 0 Å². The van der Waals surface area contributed by atoms with Crippen LogP contribution in [0, 0.1) is 11.3 Å². The van der Waals surface area contributed by atoms with Gasteiger partial charge in [0.2, 0.25) is 0 Å². The fraction of sp³-hybridized carbons (Fsp3) is 0.923. The molecule has 0 aromatic carbocycles. The van der Waals surface area contributed by atoms with E-state index in [0.717, 1.165) is 18.6 Å². The summed E-state index contributed by atoms with van der Waals surface area (Å²) >= 11 is 1.94. The molecule has 0 aromatic heterocycles. The zero-order valence-corrected chi connectivity index (χ0v) is 11.8. The predicted molar refractivity (Wildman–Crippen MR) is 71.2 cm³/mol. The highest BCUT2D eigenvalue weighted by atomic mass is 32.2. The van der Waals surface area contributed by atoms with Crippen LogP contribution in [0.25, 0.3) is 0 Å². The van der Waals surface area contributed by atoms with Crippen LogP contribution in [-0.2, 0) is 4.79 Å². The fourth-order valence-corrected chi connectivity index (χ4v) is 4.81. The van der Waals surface area contributed by atoms with Gasteiger partial charge in [-0.2, -0.15) is 0 Å². The standard InChI is InChI=1S/C13H23NO2S/c1-9-8-12(2,3)5-6-13(9)14-10(11(15)16)4-7-17-13/h9-10,14H,4-8H2,1-3H3,(H,15,16). The maximum Gasteiger partial charge on any atom is 0.320 e. The molecule has 0 radical (unpaired) electrons. The van der Waals surface area contributed by atoms with E-state index in [4.69, 9.17) is 5.11 Å². The van der Waals surface area contributed by atoms with Gasteiger partial charge in [-0.1, -0.05) is 20.8 Å². The predicted octanol–water partition coefficient (Wildman–Crippen LogP) is 2.71. The second kappa shape index (κ2) is 4.47. The average molecular weight is 257 g/mol. The highest BCUT2D eigenvalue weighted by molar-refractivity contribution is 8.00. The molecule has 0 aromatic rings. The van der Waals surface area contributed by atoms with E-state index in [1.54, 1.807) is 0 Å². The Balaban J connectivity index is 2.11. The summed E-state index contributed by atoms with van der Waals surface area (Å²) in [5, 5.41) is 12.6. The molecular weight excluding hydrogens is 234 g/mol. The van der Waals surface area contributed by atoms with Crippen molar-refractivity contribution in [2.75, 3.05) is 5.75 Å². The van der Waals surface area contributed by atoms with Crippen molar-refractivity contribution in [3.63, 3.8) is 0 Å². The van der Waals surface area contributed by atoms with Crippen LogP contribution in [0.1, 0.15) is 46.5 Å². The highest BCUT2D eigenvalue weighted by Gasteiger charge is 2.47. The number of hydrogen-bond donors (Lipinski definition) is 2. The first-order chi connectivity index (χ1) is 7.85. The van der Waals surface area contributed by atoms with Gasteiger partial charge < -0.3 is 5.11 Å². The lowest BCUT2D eigenvalue weighted by Gasteiger charge is -2.51. The maximum atomic E-state index is 11.1. The summed E-state index contributed by atoms with van der Waals surface area (Å²) in [5.41, 5.74) is 0.406. The van der Waals surface area contributed by atoms with Gasteiger partial charge in [-0.25, -0.2) is 0 Å². The summed E-state index contributed by atoms with van der Waals surface area (Å²) < 4.78 is 0. The molecule has 0 amide bonds. The minimum absolute atomic E-state index is 0.0107. The molecule has 2 fully saturated rings. The molecule has 1 spiro atoms. The van der Waals surface area contributed by atoms with Crippen molar-refractivity contribution < 1.29 is 9.90 Å². The molecule has 1 saturated carbocycles. The Bertz CT molecular complexity index is 319. The van der Waals surface area contributed by atoms with Gasteiger partial charge >= 0.3 is 5.97 Å². The fourth-order valence-electron chi connectivity index (χ4n) is 3.25. The molecule has 1 aliphatic heterocycles. The Labute approximate surface area is 108 Å². The van der Waals surface area contributed by atoms with E-state index in [9.17, 15) is 4.79 Å². The molecule has 0 bridgehead atoms.